The average Bonchev–Trinajstić information content (AvgIpc) is 3.00. The minimum Gasteiger partial charge on any atom is -0.493 e. The predicted molar refractivity (Wildman–Crippen MR) is 160 cm³/mol. The third-order valence-electron chi connectivity index (χ3n) is 8.41. The van der Waals surface area contributed by atoms with Crippen LogP contribution >= 0.6 is 0 Å². The van der Waals surface area contributed by atoms with Gasteiger partial charge >= 0.3 is 5.97 Å². The Morgan fingerprint density at radius 2 is 1.68 bits per heavy atom. The third kappa shape index (κ3) is 8.51. The lowest BCUT2D eigenvalue weighted by Crippen LogP contribution is -2.51. The summed E-state index contributed by atoms with van der Waals surface area (Å²) in [5.74, 6) is 0.840. The Morgan fingerprint density at radius 3 is 2.34 bits per heavy atom. The van der Waals surface area contributed by atoms with Crippen LogP contribution in [-0.4, -0.2) is 69.5 Å². The Labute approximate surface area is 246 Å². The standard InChI is InChI=1S/C33H49NO7/c1-7-18-39-19-20-40-29-22-26(21-28(37-5)31(29)38-6)30(25-14-10-9-11-15-25)32(35)34-17-13-12-16-27(34)33(36)41-24(4)23(3)8-2/h7-8,21-25,27,30H,1-2,9-20H2,3-6H3/t23-,24+,27-,30-/m0/s1. The maximum Gasteiger partial charge on any atom is 0.329 e. The lowest BCUT2D eigenvalue weighted by atomic mass is 9.75. The van der Waals surface area contributed by atoms with Crippen molar-refractivity contribution >= 4 is 11.9 Å². The summed E-state index contributed by atoms with van der Waals surface area (Å²) in [6.07, 6.45) is 10.7. The van der Waals surface area contributed by atoms with Gasteiger partial charge in [-0.3, -0.25) is 4.79 Å². The average molecular weight is 572 g/mol. The van der Waals surface area contributed by atoms with Gasteiger partial charge in [0.05, 0.1) is 33.4 Å². The lowest BCUT2D eigenvalue weighted by Gasteiger charge is -2.40. The second kappa shape index (κ2) is 16.4. The molecule has 2 aliphatic rings. The first-order chi connectivity index (χ1) is 19.9. The number of piperidine rings is 1. The van der Waals surface area contributed by atoms with Crippen molar-refractivity contribution in [3.63, 3.8) is 0 Å². The van der Waals surface area contributed by atoms with Crippen LogP contribution < -0.4 is 14.2 Å². The molecular formula is C33H49NO7. The highest BCUT2D eigenvalue weighted by atomic mass is 16.6. The van der Waals surface area contributed by atoms with E-state index in [1.165, 1.54) is 6.42 Å². The number of nitrogens with zero attached hydrogens (tertiary/aromatic N) is 1. The molecule has 8 heteroatoms. The molecular weight excluding hydrogens is 522 g/mol. The van der Waals surface area contributed by atoms with E-state index in [0.29, 0.717) is 50.0 Å². The summed E-state index contributed by atoms with van der Waals surface area (Å²) in [4.78, 5) is 29.7. The normalized spacial score (nSPS) is 19.9. The highest BCUT2D eigenvalue weighted by Crippen LogP contribution is 2.45. The molecule has 1 aliphatic carbocycles. The van der Waals surface area contributed by atoms with Crippen molar-refractivity contribution in [1.82, 2.24) is 4.90 Å². The molecule has 1 heterocycles. The largest absolute Gasteiger partial charge is 0.493 e. The fourth-order valence-electron chi connectivity index (χ4n) is 5.88. The molecule has 2 fully saturated rings. The minimum atomic E-state index is -0.598. The molecule has 1 aliphatic heterocycles. The number of carbonyl (C=O) groups excluding carboxylic acids is 2. The van der Waals surface area contributed by atoms with Crippen molar-refractivity contribution in [2.45, 2.75) is 83.3 Å². The van der Waals surface area contributed by atoms with E-state index in [9.17, 15) is 9.59 Å². The SMILES string of the molecule is C=CCOCCOc1cc([C@@H](C(=O)N2CCCC[C@H]2C(=O)O[C@H](C)[C@@H](C)C=C)C2CCCCC2)cc(OC)c1OC. The van der Waals surface area contributed by atoms with Crippen LogP contribution in [0.15, 0.2) is 37.4 Å². The Balaban J connectivity index is 1.96. The molecule has 4 atom stereocenters. The summed E-state index contributed by atoms with van der Waals surface area (Å²) < 4.78 is 28.8. The summed E-state index contributed by atoms with van der Waals surface area (Å²) in [5, 5.41) is 0. The predicted octanol–water partition coefficient (Wildman–Crippen LogP) is 6.08. The number of likely N-dealkylation sites (tertiary alicyclic amines) is 1. The molecule has 3 rings (SSSR count). The van der Waals surface area contributed by atoms with Gasteiger partial charge in [0.1, 0.15) is 18.8 Å². The Bertz CT molecular complexity index is 1020. The minimum absolute atomic E-state index is 0.0223. The number of amides is 1. The number of hydrogen-bond donors (Lipinski definition) is 0. The van der Waals surface area contributed by atoms with Gasteiger partial charge < -0.3 is 28.6 Å². The molecule has 0 bridgehead atoms. The van der Waals surface area contributed by atoms with E-state index in [2.05, 4.69) is 13.2 Å². The van der Waals surface area contributed by atoms with Gasteiger partial charge in [0.15, 0.2) is 11.5 Å². The Kier molecular flexibility index (Phi) is 13.0. The number of rotatable bonds is 15. The fraction of sp³-hybridized carbons (Fsp3) is 0.636. The third-order valence-corrected chi connectivity index (χ3v) is 8.41. The molecule has 1 aromatic rings. The number of methoxy groups -OCH3 is 2. The van der Waals surface area contributed by atoms with Gasteiger partial charge in [0.25, 0.3) is 0 Å². The van der Waals surface area contributed by atoms with Crippen LogP contribution in [0.3, 0.4) is 0 Å². The zero-order valence-corrected chi connectivity index (χ0v) is 25.4. The number of esters is 1. The smallest absolute Gasteiger partial charge is 0.329 e. The van der Waals surface area contributed by atoms with Crippen molar-refractivity contribution in [2.75, 3.05) is 40.6 Å². The monoisotopic (exact) mass is 571 g/mol. The molecule has 0 unspecified atom stereocenters. The highest BCUT2D eigenvalue weighted by molar-refractivity contribution is 5.89. The number of ether oxygens (including phenoxy) is 5. The molecule has 1 amide bonds. The van der Waals surface area contributed by atoms with Crippen LogP contribution in [0.2, 0.25) is 0 Å². The van der Waals surface area contributed by atoms with Crippen LogP contribution in [-0.2, 0) is 19.1 Å². The van der Waals surface area contributed by atoms with Gasteiger partial charge in [-0.2, -0.15) is 0 Å². The summed E-state index contributed by atoms with van der Waals surface area (Å²) in [6.45, 7) is 13.0. The van der Waals surface area contributed by atoms with Crippen molar-refractivity contribution in [3.8, 4) is 17.2 Å². The first kappa shape index (κ1) is 32.5. The van der Waals surface area contributed by atoms with Gasteiger partial charge in [-0.25, -0.2) is 4.79 Å². The van der Waals surface area contributed by atoms with Gasteiger partial charge in [-0.1, -0.05) is 38.3 Å². The molecule has 0 spiro atoms. The maximum atomic E-state index is 14.5. The van der Waals surface area contributed by atoms with E-state index in [-0.39, 0.29) is 29.8 Å². The number of hydrogen-bond acceptors (Lipinski definition) is 7. The van der Waals surface area contributed by atoms with Crippen molar-refractivity contribution in [3.05, 3.63) is 43.0 Å². The molecule has 1 saturated heterocycles. The van der Waals surface area contributed by atoms with Gasteiger partial charge in [0.2, 0.25) is 11.7 Å². The second-order valence-electron chi connectivity index (χ2n) is 11.1. The molecule has 0 radical (unpaired) electrons. The summed E-state index contributed by atoms with van der Waals surface area (Å²) in [5.41, 5.74) is 0.813. The Hall–Kier alpha value is -3.00. The van der Waals surface area contributed by atoms with E-state index in [4.69, 9.17) is 23.7 Å². The zero-order valence-electron chi connectivity index (χ0n) is 25.4. The summed E-state index contributed by atoms with van der Waals surface area (Å²) in [7, 11) is 3.15. The van der Waals surface area contributed by atoms with Crippen LogP contribution in [0.1, 0.15) is 76.7 Å². The Morgan fingerprint density at radius 1 is 0.976 bits per heavy atom. The second-order valence-corrected chi connectivity index (χ2v) is 11.1. The number of benzene rings is 1. The van der Waals surface area contributed by atoms with Gasteiger partial charge in [0, 0.05) is 12.5 Å². The molecule has 1 saturated carbocycles. The topological polar surface area (TPSA) is 83.5 Å². The first-order valence-electron chi connectivity index (χ1n) is 15.1. The molecule has 228 valence electrons. The van der Waals surface area contributed by atoms with Crippen molar-refractivity contribution < 1.29 is 33.3 Å². The van der Waals surface area contributed by atoms with Crippen LogP contribution in [0.5, 0.6) is 17.2 Å². The molecule has 8 nitrogen and oxygen atoms in total. The molecule has 0 N–H and O–H groups in total. The number of carbonyl (C=O) groups is 2. The van der Waals surface area contributed by atoms with E-state index in [1.807, 2.05) is 26.0 Å². The van der Waals surface area contributed by atoms with E-state index in [0.717, 1.165) is 44.1 Å². The fourth-order valence-corrected chi connectivity index (χ4v) is 5.88. The van der Waals surface area contributed by atoms with E-state index < -0.39 is 12.0 Å². The molecule has 0 aromatic heterocycles. The maximum absolute atomic E-state index is 14.5. The molecule has 1 aromatic carbocycles. The van der Waals surface area contributed by atoms with Gasteiger partial charge in [-0.15, -0.1) is 13.2 Å². The van der Waals surface area contributed by atoms with Crippen LogP contribution in [0, 0.1) is 11.8 Å². The van der Waals surface area contributed by atoms with Crippen molar-refractivity contribution in [1.29, 1.82) is 0 Å². The van der Waals surface area contributed by atoms with Crippen LogP contribution in [0.4, 0.5) is 0 Å². The highest BCUT2D eigenvalue weighted by Gasteiger charge is 2.41. The quantitative estimate of drug-likeness (QED) is 0.143. The first-order valence-corrected chi connectivity index (χ1v) is 15.1. The van der Waals surface area contributed by atoms with E-state index >= 15 is 0 Å². The van der Waals surface area contributed by atoms with Gasteiger partial charge in [-0.05, 0) is 62.6 Å². The summed E-state index contributed by atoms with van der Waals surface area (Å²) in [6, 6.07) is 3.19. The van der Waals surface area contributed by atoms with Crippen molar-refractivity contribution in [2.24, 2.45) is 11.8 Å². The lowest BCUT2D eigenvalue weighted by molar-refractivity contribution is -0.163. The zero-order chi connectivity index (χ0) is 29.8. The summed E-state index contributed by atoms with van der Waals surface area (Å²) >= 11 is 0. The van der Waals surface area contributed by atoms with Crippen LogP contribution in [0.25, 0.3) is 0 Å². The molecule has 41 heavy (non-hydrogen) atoms. The van der Waals surface area contributed by atoms with E-state index in [1.54, 1.807) is 31.3 Å².